The second-order valence-corrected chi connectivity index (χ2v) is 13.0. The minimum Gasteiger partial charge on any atom is -0.504 e. The third-order valence-electron chi connectivity index (χ3n) is 10.7. The van der Waals surface area contributed by atoms with Gasteiger partial charge in [-0.15, -0.1) is 0 Å². The number of aromatic hydroxyl groups is 1. The Kier molecular flexibility index (Phi) is 7.51. The van der Waals surface area contributed by atoms with E-state index in [9.17, 15) is 27.9 Å². The SMILES string of the molecule is CC(=O)O[C@@]12CC[C@@H](N(C)C(=O)C#Cc3ccc(C(F)(F)F)cc3)[C@@H]3Oc4c(O)ccc5c4[C@@]31CCN(CCc1ccccc1)[C@@H]2C5. The summed E-state index contributed by atoms with van der Waals surface area (Å²) in [4.78, 5) is 30.4. The Morgan fingerprint density at radius 3 is 2.53 bits per heavy atom. The highest BCUT2D eigenvalue weighted by Gasteiger charge is 2.75. The highest BCUT2D eigenvalue weighted by molar-refractivity contribution is 5.94. The first-order chi connectivity index (χ1) is 22.4. The number of alkyl halides is 3. The van der Waals surface area contributed by atoms with Gasteiger partial charge in [-0.3, -0.25) is 14.5 Å². The van der Waals surface area contributed by atoms with Gasteiger partial charge in [0.1, 0.15) is 11.7 Å². The fourth-order valence-corrected chi connectivity index (χ4v) is 8.73. The van der Waals surface area contributed by atoms with E-state index >= 15 is 0 Å². The number of ether oxygens (including phenoxy) is 2. The number of hydrogen-bond donors (Lipinski definition) is 1. The molecule has 244 valence electrons. The molecule has 4 aliphatic rings. The van der Waals surface area contributed by atoms with Crippen LogP contribution in [-0.2, 0) is 38.8 Å². The fraction of sp³-hybridized carbons (Fsp3) is 0.405. The number of carbonyl (C=O) groups excluding carboxylic acids is 2. The molecule has 1 saturated heterocycles. The van der Waals surface area contributed by atoms with Gasteiger partial charge in [0.05, 0.1) is 23.1 Å². The number of hydrogen-bond acceptors (Lipinski definition) is 6. The summed E-state index contributed by atoms with van der Waals surface area (Å²) in [6.45, 7) is 2.92. The monoisotopic (exact) mass is 644 g/mol. The lowest BCUT2D eigenvalue weighted by molar-refractivity contribution is -0.223. The lowest BCUT2D eigenvalue weighted by atomic mass is 9.48. The summed E-state index contributed by atoms with van der Waals surface area (Å²) in [6.07, 6.45) is -2.10. The van der Waals surface area contributed by atoms with Crippen LogP contribution < -0.4 is 4.74 Å². The number of phenolic OH excluding ortho intramolecular Hbond substituents is 1. The largest absolute Gasteiger partial charge is 0.504 e. The number of likely N-dealkylation sites (tertiary alicyclic amines) is 1. The molecule has 7 nitrogen and oxygen atoms in total. The average molecular weight is 645 g/mol. The highest BCUT2D eigenvalue weighted by Crippen LogP contribution is 2.67. The maximum atomic E-state index is 13.5. The molecule has 47 heavy (non-hydrogen) atoms. The number of esters is 1. The van der Waals surface area contributed by atoms with Gasteiger partial charge in [0, 0.05) is 37.6 Å². The smallest absolute Gasteiger partial charge is 0.416 e. The topological polar surface area (TPSA) is 79.3 Å². The summed E-state index contributed by atoms with van der Waals surface area (Å²) >= 11 is 0. The quantitative estimate of drug-likeness (QED) is 0.302. The van der Waals surface area contributed by atoms with Gasteiger partial charge in [-0.05, 0) is 80.1 Å². The molecule has 1 amide bonds. The van der Waals surface area contributed by atoms with Crippen molar-refractivity contribution in [3.8, 4) is 23.3 Å². The van der Waals surface area contributed by atoms with Crippen molar-refractivity contribution in [1.29, 1.82) is 0 Å². The van der Waals surface area contributed by atoms with Crippen LogP contribution in [0, 0.1) is 11.8 Å². The summed E-state index contributed by atoms with van der Waals surface area (Å²) in [6, 6.07) is 17.6. The van der Waals surface area contributed by atoms with Gasteiger partial charge < -0.3 is 19.5 Å². The maximum Gasteiger partial charge on any atom is 0.416 e. The van der Waals surface area contributed by atoms with Crippen LogP contribution in [-0.4, -0.2) is 70.7 Å². The van der Waals surface area contributed by atoms with E-state index in [1.165, 1.54) is 29.5 Å². The Bertz CT molecular complexity index is 1780. The van der Waals surface area contributed by atoms with E-state index in [4.69, 9.17) is 9.47 Å². The summed E-state index contributed by atoms with van der Waals surface area (Å²) in [5.41, 5.74) is 0.859. The van der Waals surface area contributed by atoms with Crippen LogP contribution in [0.25, 0.3) is 0 Å². The number of benzene rings is 3. The highest BCUT2D eigenvalue weighted by atomic mass is 19.4. The lowest BCUT2D eigenvalue weighted by Gasteiger charge is -2.65. The van der Waals surface area contributed by atoms with Gasteiger partial charge in [-0.2, -0.15) is 13.2 Å². The van der Waals surface area contributed by atoms with Crippen molar-refractivity contribution in [1.82, 2.24) is 9.80 Å². The van der Waals surface area contributed by atoms with Crippen LogP contribution >= 0.6 is 0 Å². The minimum absolute atomic E-state index is 0.00373. The second-order valence-electron chi connectivity index (χ2n) is 13.0. The van der Waals surface area contributed by atoms with Crippen LogP contribution in [0.15, 0.2) is 66.7 Å². The number of phenols is 1. The van der Waals surface area contributed by atoms with E-state index in [0.29, 0.717) is 38.0 Å². The number of amides is 1. The Morgan fingerprint density at radius 1 is 1.09 bits per heavy atom. The van der Waals surface area contributed by atoms with Gasteiger partial charge in [0.15, 0.2) is 11.5 Å². The standard InChI is InChI=1S/C37H35F3N2O5/c1-23(43)47-36-18-16-28(41(2)31(45)15-10-25-8-12-27(13-9-25)37(38,39)40)34-35(36)19-21-42(20-17-24-6-4-3-5-7-24)30(36)22-26-11-14-29(44)33(46-34)32(26)35/h3-9,11-14,28,30,34,44H,16-22H2,1-2H3/t28-,30-,34+,35+,36-/m1/s1. The second kappa shape index (κ2) is 11.3. The van der Waals surface area contributed by atoms with Crippen molar-refractivity contribution in [2.24, 2.45) is 0 Å². The molecule has 2 aliphatic heterocycles. The molecule has 3 aromatic carbocycles. The molecule has 10 heteroatoms. The number of halogens is 3. The zero-order chi connectivity index (χ0) is 33.1. The van der Waals surface area contributed by atoms with Crippen molar-refractivity contribution in [3.63, 3.8) is 0 Å². The summed E-state index contributed by atoms with van der Waals surface area (Å²) in [5.74, 6) is 4.78. The Balaban J connectivity index is 1.23. The minimum atomic E-state index is -4.47. The van der Waals surface area contributed by atoms with Gasteiger partial charge >= 0.3 is 12.1 Å². The van der Waals surface area contributed by atoms with Crippen LogP contribution in [0.4, 0.5) is 13.2 Å². The zero-order valence-electron chi connectivity index (χ0n) is 26.1. The van der Waals surface area contributed by atoms with E-state index in [2.05, 4.69) is 28.9 Å². The predicted octanol–water partition coefficient (Wildman–Crippen LogP) is 5.26. The Hall–Kier alpha value is -4.49. The van der Waals surface area contributed by atoms with E-state index in [0.717, 1.165) is 36.2 Å². The Labute approximate surface area is 271 Å². The van der Waals surface area contributed by atoms with E-state index in [1.54, 1.807) is 13.1 Å². The predicted molar refractivity (Wildman–Crippen MR) is 167 cm³/mol. The maximum absolute atomic E-state index is 13.5. The summed E-state index contributed by atoms with van der Waals surface area (Å²) in [5, 5.41) is 11.0. The molecule has 3 aromatic rings. The average Bonchev–Trinajstić information content (AvgIpc) is 3.40. The number of piperidine rings is 1. The first kappa shape index (κ1) is 31.1. The molecule has 7 rings (SSSR count). The van der Waals surface area contributed by atoms with Crippen molar-refractivity contribution in [3.05, 3.63) is 94.5 Å². The normalized spacial score (nSPS) is 27.1. The van der Waals surface area contributed by atoms with E-state index < -0.39 is 40.8 Å². The molecule has 1 spiro atoms. The van der Waals surface area contributed by atoms with Gasteiger partial charge in [0.25, 0.3) is 5.91 Å². The molecular weight excluding hydrogens is 609 g/mol. The van der Waals surface area contributed by atoms with Crippen LogP contribution in [0.2, 0.25) is 0 Å². The molecule has 0 radical (unpaired) electrons. The molecule has 0 unspecified atom stereocenters. The van der Waals surface area contributed by atoms with Crippen molar-refractivity contribution in [2.75, 3.05) is 20.1 Å². The molecular formula is C37H35F3N2O5. The van der Waals surface area contributed by atoms with Gasteiger partial charge in [0.2, 0.25) is 0 Å². The molecule has 2 heterocycles. The first-order valence-corrected chi connectivity index (χ1v) is 15.9. The van der Waals surface area contributed by atoms with Crippen LogP contribution in [0.3, 0.4) is 0 Å². The molecule has 2 aliphatic carbocycles. The van der Waals surface area contributed by atoms with Crippen molar-refractivity contribution in [2.45, 2.75) is 74.4 Å². The third kappa shape index (κ3) is 4.94. The first-order valence-electron chi connectivity index (χ1n) is 15.9. The Morgan fingerprint density at radius 2 is 1.83 bits per heavy atom. The van der Waals surface area contributed by atoms with Crippen molar-refractivity contribution >= 4 is 11.9 Å². The number of rotatable bonds is 5. The molecule has 0 aromatic heterocycles. The molecule has 2 bridgehead atoms. The third-order valence-corrected chi connectivity index (χ3v) is 10.7. The van der Waals surface area contributed by atoms with Crippen LogP contribution in [0.5, 0.6) is 11.5 Å². The fourth-order valence-electron chi connectivity index (χ4n) is 8.73. The van der Waals surface area contributed by atoms with Gasteiger partial charge in [-0.1, -0.05) is 42.3 Å². The van der Waals surface area contributed by atoms with E-state index in [-0.39, 0.29) is 23.3 Å². The molecule has 2 fully saturated rings. The lowest BCUT2D eigenvalue weighted by Crippen LogP contribution is -2.79. The number of nitrogens with zero attached hydrogens (tertiary/aromatic N) is 2. The van der Waals surface area contributed by atoms with Crippen molar-refractivity contribution < 1.29 is 37.3 Å². The van der Waals surface area contributed by atoms with E-state index in [1.807, 2.05) is 24.3 Å². The molecule has 1 N–H and O–H groups in total. The van der Waals surface area contributed by atoms with Crippen LogP contribution in [0.1, 0.15) is 54.0 Å². The zero-order valence-corrected chi connectivity index (χ0v) is 26.1. The summed E-state index contributed by atoms with van der Waals surface area (Å²) < 4.78 is 52.1. The molecule has 5 atom stereocenters. The number of carbonyl (C=O) groups is 2. The summed E-state index contributed by atoms with van der Waals surface area (Å²) in [7, 11) is 1.65. The van der Waals surface area contributed by atoms with Gasteiger partial charge in [-0.25, -0.2) is 0 Å². The molecule has 1 saturated carbocycles. The number of likely N-dealkylation sites (N-methyl/N-ethyl adjacent to an activating group) is 1.